The lowest BCUT2D eigenvalue weighted by molar-refractivity contribution is -0.134. The van der Waals surface area contributed by atoms with E-state index in [4.69, 9.17) is 15.0 Å². The van der Waals surface area contributed by atoms with Crippen LogP contribution in [0.5, 0.6) is 0 Å². The molecule has 0 bridgehead atoms. The van der Waals surface area contributed by atoms with Gasteiger partial charge < -0.3 is 15.1 Å². The summed E-state index contributed by atoms with van der Waals surface area (Å²) in [6, 6.07) is 0. The average molecular weight is 231 g/mol. The van der Waals surface area contributed by atoms with Gasteiger partial charge in [-0.1, -0.05) is 20.4 Å². The molecule has 0 aromatic heterocycles. The van der Waals surface area contributed by atoms with Crippen LogP contribution in [0.1, 0.15) is 27.2 Å². The first-order valence-electron chi connectivity index (χ1n) is 5.18. The summed E-state index contributed by atoms with van der Waals surface area (Å²) in [6.45, 7) is 11.4. The van der Waals surface area contributed by atoms with E-state index in [1.807, 2.05) is 0 Å². The summed E-state index contributed by atoms with van der Waals surface area (Å²) in [5, 5.41) is 15.9. The first-order valence-corrected chi connectivity index (χ1v) is 5.18. The first kappa shape index (κ1) is 17.0. The van der Waals surface area contributed by atoms with E-state index in [1.165, 1.54) is 0 Å². The zero-order valence-electron chi connectivity index (χ0n) is 10.2. The van der Waals surface area contributed by atoms with Crippen LogP contribution < -0.4 is 0 Å². The Balaban J connectivity index is 0. The van der Waals surface area contributed by atoms with E-state index in [1.54, 1.807) is 0 Å². The van der Waals surface area contributed by atoms with Crippen molar-refractivity contribution in [1.82, 2.24) is 4.90 Å². The van der Waals surface area contributed by atoms with E-state index in [2.05, 4.69) is 25.3 Å². The molecule has 5 heteroatoms. The predicted octanol–water partition coefficient (Wildman–Crippen LogP) is 1.45. The van der Waals surface area contributed by atoms with Crippen molar-refractivity contribution in [1.29, 1.82) is 0 Å². The van der Waals surface area contributed by atoms with Crippen LogP contribution in [0.15, 0.2) is 12.2 Å². The van der Waals surface area contributed by atoms with Gasteiger partial charge in [0.2, 0.25) is 0 Å². The van der Waals surface area contributed by atoms with E-state index >= 15 is 0 Å². The van der Waals surface area contributed by atoms with Crippen LogP contribution >= 0.6 is 0 Å². The molecule has 2 N–H and O–H groups in total. The van der Waals surface area contributed by atoms with Crippen LogP contribution in [0, 0.1) is 0 Å². The van der Waals surface area contributed by atoms with Crippen molar-refractivity contribution in [2.45, 2.75) is 27.2 Å². The normalized spacial score (nSPS) is 9.25. The molecule has 0 atom stereocenters. The maximum Gasteiger partial charge on any atom is 0.331 e. The maximum absolute atomic E-state index is 10.4. The van der Waals surface area contributed by atoms with E-state index in [-0.39, 0.29) is 0 Å². The van der Waals surface area contributed by atoms with Crippen molar-refractivity contribution >= 4 is 11.9 Å². The Morgan fingerprint density at radius 2 is 1.56 bits per heavy atom. The summed E-state index contributed by atoms with van der Waals surface area (Å²) in [4.78, 5) is 21.5. The molecule has 0 aliphatic heterocycles. The maximum atomic E-state index is 10.4. The molecular formula is C11H21NO4. The van der Waals surface area contributed by atoms with Crippen molar-refractivity contribution in [3.63, 3.8) is 0 Å². The van der Waals surface area contributed by atoms with Gasteiger partial charge in [0.15, 0.2) is 0 Å². The quantitative estimate of drug-likeness (QED) is 0.676. The molecule has 0 unspecified atom stereocenters. The molecule has 0 heterocycles. The summed E-state index contributed by atoms with van der Waals surface area (Å²) in [6.07, 6.45) is 0.553. The lowest BCUT2D eigenvalue weighted by Crippen LogP contribution is -2.24. The van der Waals surface area contributed by atoms with Gasteiger partial charge in [0.05, 0.1) is 0 Å². The van der Waals surface area contributed by atoms with Crippen LogP contribution in [0.4, 0.5) is 0 Å². The standard InChI is InChI=1S/C9H17NO2.C2H4O2/c1-4-10(5-2)7-6-8(3)9(11)12;1-2(3)4/h3-7H2,1-2H3,(H,11,12);1H3,(H,3,4). The highest BCUT2D eigenvalue weighted by molar-refractivity contribution is 5.85. The fraction of sp³-hybridized carbons (Fsp3) is 0.636. The van der Waals surface area contributed by atoms with Gasteiger partial charge in [0.1, 0.15) is 0 Å². The minimum atomic E-state index is -0.887. The largest absolute Gasteiger partial charge is 0.481 e. The van der Waals surface area contributed by atoms with Gasteiger partial charge in [0.25, 0.3) is 5.97 Å². The zero-order valence-corrected chi connectivity index (χ0v) is 10.2. The molecular weight excluding hydrogens is 210 g/mol. The number of hydrogen-bond acceptors (Lipinski definition) is 3. The summed E-state index contributed by atoms with van der Waals surface area (Å²) in [5.41, 5.74) is 0.293. The van der Waals surface area contributed by atoms with Crippen molar-refractivity contribution in [3.05, 3.63) is 12.2 Å². The second-order valence-electron chi connectivity index (χ2n) is 3.20. The van der Waals surface area contributed by atoms with Crippen molar-refractivity contribution in [2.24, 2.45) is 0 Å². The van der Waals surface area contributed by atoms with Gasteiger partial charge in [-0.25, -0.2) is 4.79 Å². The third kappa shape index (κ3) is 12.6. The van der Waals surface area contributed by atoms with Crippen LogP contribution in [-0.4, -0.2) is 46.7 Å². The molecule has 0 rings (SSSR count). The van der Waals surface area contributed by atoms with E-state index < -0.39 is 11.9 Å². The van der Waals surface area contributed by atoms with Crippen molar-refractivity contribution in [3.8, 4) is 0 Å². The van der Waals surface area contributed by atoms with Gasteiger partial charge in [0, 0.05) is 19.0 Å². The lowest BCUT2D eigenvalue weighted by atomic mass is 10.2. The highest BCUT2D eigenvalue weighted by Crippen LogP contribution is 2.00. The number of hydrogen-bond donors (Lipinski definition) is 2. The number of aliphatic carboxylic acids is 2. The summed E-state index contributed by atoms with van der Waals surface area (Å²) >= 11 is 0. The molecule has 0 aromatic rings. The third-order valence-electron chi connectivity index (χ3n) is 1.93. The average Bonchev–Trinajstić information content (AvgIpc) is 2.18. The zero-order chi connectivity index (χ0) is 13.1. The van der Waals surface area contributed by atoms with Gasteiger partial charge >= 0.3 is 5.97 Å². The van der Waals surface area contributed by atoms with Gasteiger partial charge in [-0.15, -0.1) is 0 Å². The number of rotatable bonds is 6. The van der Waals surface area contributed by atoms with E-state index in [0.29, 0.717) is 12.0 Å². The topological polar surface area (TPSA) is 77.8 Å². The Bertz CT molecular complexity index is 230. The van der Waals surface area contributed by atoms with E-state index in [9.17, 15) is 4.79 Å². The summed E-state index contributed by atoms with van der Waals surface area (Å²) in [5.74, 6) is -1.72. The minimum absolute atomic E-state index is 0.293. The molecule has 0 aromatic carbocycles. The Morgan fingerprint density at radius 3 is 1.81 bits per heavy atom. The summed E-state index contributed by atoms with van der Waals surface area (Å²) < 4.78 is 0. The molecule has 0 saturated heterocycles. The third-order valence-corrected chi connectivity index (χ3v) is 1.93. The number of nitrogens with zero attached hydrogens (tertiary/aromatic N) is 1. The van der Waals surface area contributed by atoms with E-state index in [0.717, 1.165) is 26.6 Å². The van der Waals surface area contributed by atoms with Gasteiger partial charge in [-0.2, -0.15) is 0 Å². The van der Waals surface area contributed by atoms with Crippen LogP contribution in [0.25, 0.3) is 0 Å². The van der Waals surface area contributed by atoms with Crippen LogP contribution in [-0.2, 0) is 9.59 Å². The Morgan fingerprint density at radius 1 is 1.19 bits per heavy atom. The first-order chi connectivity index (χ1) is 7.34. The monoisotopic (exact) mass is 231 g/mol. The molecule has 0 saturated carbocycles. The minimum Gasteiger partial charge on any atom is -0.481 e. The van der Waals surface area contributed by atoms with Gasteiger partial charge in [-0.05, 0) is 19.5 Å². The summed E-state index contributed by atoms with van der Waals surface area (Å²) in [7, 11) is 0. The Hall–Kier alpha value is -1.36. The second-order valence-corrected chi connectivity index (χ2v) is 3.20. The van der Waals surface area contributed by atoms with Crippen molar-refractivity contribution in [2.75, 3.05) is 19.6 Å². The smallest absolute Gasteiger partial charge is 0.331 e. The Labute approximate surface area is 96.4 Å². The molecule has 0 fully saturated rings. The van der Waals surface area contributed by atoms with Crippen LogP contribution in [0.3, 0.4) is 0 Å². The Kier molecular flexibility index (Phi) is 10.8. The molecule has 0 amide bonds. The number of carbonyl (C=O) groups is 2. The fourth-order valence-corrected chi connectivity index (χ4v) is 0.940. The highest BCUT2D eigenvalue weighted by atomic mass is 16.4. The second kappa shape index (κ2) is 10.2. The fourth-order valence-electron chi connectivity index (χ4n) is 0.940. The molecule has 0 aliphatic rings. The highest BCUT2D eigenvalue weighted by Gasteiger charge is 2.05. The molecule has 0 radical (unpaired) electrons. The molecule has 16 heavy (non-hydrogen) atoms. The van der Waals surface area contributed by atoms with Crippen molar-refractivity contribution < 1.29 is 19.8 Å². The number of carboxylic acids is 2. The molecule has 0 spiro atoms. The van der Waals surface area contributed by atoms with Gasteiger partial charge in [-0.3, -0.25) is 4.79 Å². The number of carboxylic acid groups (broad SMARTS) is 2. The molecule has 94 valence electrons. The lowest BCUT2D eigenvalue weighted by Gasteiger charge is -2.17. The van der Waals surface area contributed by atoms with Crippen LogP contribution in [0.2, 0.25) is 0 Å². The predicted molar refractivity (Wildman–Crippen MR) is 62.5 cm³/mol. The molecule has 0 aliphatic carbocycles. The molecule has 5 nitrogen and oxygen atoms in total. The SMILES string of the molecule is C=C(CCN(CC)CC)C(=O)O.CC(=O)O.